The van der Waals surface area contributed by atoms with E-state index < -0.39 is 42.5 Å². The van der Waals surface area contributed by atoms with Crippen molar-refractivity contribution in [2.45, 2.75) is 38.3 Å². The molecule has 0 aromatic heterocycles. The van der Waals surface area contributed by atoms with Crippen molar-refractivity contribution in [3.8, 4) is 0 Å². The lowest BCUT2D eigenvalue weighted by Crippen LogP contribution is -2.51. The quantitative estimate of drug-likeness (QED) is 0.152. The van der Waals surface area contributed by atoms with Crippen LogP contribution in [0.1, 0.15) is 26.2 Å². The van der Waals surface area contributed by atoms with Gasteiger partial charge < -0.3 is 26.8 Å². The first kappa shape index (κ1) is 24.3. The van der Waals surface area contributed by atoms with Crippen molar-refractivity contribution in [1.29, 1.82) is 0 Å². The smallest absolute Gasteiger partial charge is 0.309 e. The lowest BCUT2D eigenvalue weighted by Gasteiger charge is -2.25. The maximum Gasteiger partial charge on any atom is 0.309 e. The number of aliphatic hydroxyl groups excluding tert-OH is 2. The summed E-state index contributed by atoms with van der Waals surface area (Å²) in [6.45, 7) is 1.03. The predicted molar refractivity (Wildman–Crippen MR) is 97.8 cm³/mol. The number of nitrogens with two attached hydrogens (primary N) is 2. The normalized spacial score (nSPS) is 15.6. The fourth-order valence-corrected chi connectivity index (χ4v) is 2.70. The first-order valence-corrected chi connectivity index (χ1v) is 8.48. The molecule has 0 heterocycles. The van der Waals surface area contributed by atoms with Crippen LogP contribution >= 0.6 is 12.2 Å². The van der Waals surface area contributed by atoms with Gasteiger partial charge in [0.25, 0.3) is 5.91 Å². The van der Waals surface area contributed by atoms with Crippen molar-refractivity contribution in [2.24, 2.45) is 23.3 Å². The molecule has 0 radical (unpaired) electrons. The second kappa shape index (κ2) is 11.9. The Morgan fingerprint density at radius 1 is 1.23 bits per heavy atom. The molecule has 0 aromatic rings. The summed E-state index contributed by atoms with van der Waals surface area (Å²) in [5.41, 5.74) is 13.4. The van der Waals surface area contributed by atoms with Crippen LogP contribution in [0.25, 0.3) is 0 Å². The third kappa shape index (κ3) is 9.15. The van der Waals surface area contributed by atoms with Gasteiger partial charge in [0.1, 0.15) is 6.04 Å². The van der Waals surface area contributed by atoms with Gasteiger partial charge in [-0.25, -0.2) is 5.43 Å². The topological polar surface area (TPSA) is 179 Å². The molecule has 8 N–H and O–H groups in total. The number of likely N-dealkylation sites (N-methyl/N-ethyl adjacent to an activating group) is 1. The highest BCUT2D eigenvalue weighted by atomic mass is 32.1. The van der Waals surface area contributed by atoms with E-state index in [1.807, 2.05) is 0 Å². The minimum absolute atomic E-state index is 0.0122. The van der Waals surface area contributed by atoms with E-state index >= 15 is 0 Å². The zero-order valence-electron chi connectivity index (χ0n) is 14.9. The molecule has 1 unspecified atom stereocenters. The Morgan fingerprint density at radius 2 is 1.81 bits per heavy atom. The maximum absolute atomic E-state index is 11.8. The van der Waals surface area contributed by atoms with Crippen molar-refractivity contribution in [1.82, 2.24) is 10.4 Å². The fraction of sp³-hybridized carbons (Fsp3) is 0.733. The van der Waals surface area contributed by atoms with Crippen molar-refractivity contribution in [3.63, 3.8) is 0 Å². The predicted octanol–water partition coefficient (Wildman–Crippen LogP) is -2.01. The van der Waals surface area contributed by atoms with E-state index in [0.29, 0.717) is 4.86 Å². The summed E-state index contributed by atoms with van der Waals surface area (Å²) in [6.07, 6.45) is -0.882. The number of rotatable bonds is 13. The zero-order chi connectivity index (χ0) is 20.4. The Kier molecular flexibility index (Phi) is 11.1. The first-order chi connectivity index (χ1) is 12.0. The van der Waals surface area contributed by atoms with Crippen LogP contribution < -0.4 is 16.9 Å². The maximum atomic E-state index is 11.8. The lowest BCUT2D eigenvalue weighted by atomic mass is 9.92. The molecule has 150 valence electrons. The van der Waals surface area contributed by atoms with Crippen molar-refractivity contribution >= 4 is 34.9 Å². The van der Waals surface area contributed by atoms with Crippen LogP contribution in [0.5, 0.6) is 0 Å². The average molecular weight is 392 g/mol. The summed E-state index contributed by atoms with van der Waals surface area (Å²) >= 11 is 5.20. The van der Waals surface area contributed by atoms with Crippen molar-refractivity contribution < 1.29 is 29.7 Å². The number of carbonyl (C=O) groups excluding carboxylic acids is 2. The number of primary amides is 1. The van der Waals surface area contributed by atoms with Gasteiger partial charge in [-0.05, 0) is 30.5 Å². The molecule has 4 atom stereocenters. The molecular weight excluding hydrogens is 364 g/mol. The molecule has 0 fully saturated rings. The van der Waals surface area contributed by atoms with Gasteiger partial charge in [-0.2, -0.15) is 0 Å². The number of thiocarbonyl (C=S) groups is 1. The number of nitrogens with one attached hydrogen (secondary N) is 1. The highest BCUT2D eigenvalue weighted by molar-refractivity contribution is 7.80. The summed E-state index contributed by atoms with van der Waals surface area (Å²) in [6, 6.07) is -1.06. The average Bonchev–Trinajstić information content (AvgIpc) is 2.54. The van der Waals surface area contributed by atoms with E-state index in [1.165, 1.54) is 14.0 Å². The van der Waals surface area contributed by atoms with Crippen molar-refractivity contribution in [2.75, 3.05) is 20.2 Å². The molecule has 10 nitrogen and oxygen atoms in total. The Labute approximate surface area is 157 Å². The van der Waals surface area contributed by atoms with Gasteiger partial charge >= 0.3 is 5.97 Å². The van der Waals surface area contributed by atoms with Gasteiger partial charge in [-0.15, -0.1) is 0 Å². The Balaban J connectivity index is 4.79. The van der Waals surface area contributed by atoms with Gasteiger partial charge in [0, 0.05) is 20.0 Å². The van der Waals surface area contributed by atoms with Crippen LogP contribution in [-0.4, -0.2) is 75.3 Å². The van der Waals surface area contributed by atoms with Crippen LogP contribution in [0.2, 0.25) is 0 Å². The van der Waals surface area contributed by atoms with Crippen LogP contribution in [0.15, 0.2) is 0 Å². The molecule has 0 saturated heterocycles. The lowest BCUT2D eigenvalue weighted by molar-refractivity contribution is -0.145. The molecule has 0 aliphatic heterocycles. The van der Waals surface area contributed by atoms with Gasteiger partial charge in [-0.1, -0.05) is 12.2 Å². The van der Waals surface area contributed by atoms with E-state index in [4.69, 9.17) is 33.9 Å². The summed E-state index contributed by atoms with van der Waals surface area (Å²) in [5, 5.41) is 28.6. The molecule has 11 heteroatoms. The van der Waals surface area contributed by atoms with Crippen LogP contribution in [-0.2, 0) is 14.4 Å². The monoisotopic (exact) mass is 392 g/mol. The Morgan fingerprint density at radius 3 is 2.23 bits per heavy atom. The SMILES string of the molecule is CC(O)[C@H](CC(=S)C[C@H](CNN(C)C(=O)[C@@H](N)CO)CC(N)=O)C(=O)O. The highest BCUT2D eigenvalue weighted by Crippen LogP contribution is 2.17. The molecular formula is C15H28N4O6S. The van der Waals surface area contributed by atoms with Gasteiger partial charge in [0.2, 0.25) is 5.91 Å². The summed E-state index contributed by atoms with van der Waals surface area (Å²) in [4.78, 5) is 34.6. The number of aliphatic carboxylic acids is 1. The number of carboxylic acid groups (broad SMARTS) is 1. The standard InChI is InChI=1S/C15H28N4O6S/c1-8(21)11(15(24)25)5-10(26)3-9(4-13(17)22)6-18-19(2)14(23)12(16)7-20/h8-9,11-12,18,20-21H,3-7,16H2,1-2H3,(H2,17,22)(H,24,25)/t8?,9-,11-,12-/m0/s1. The second-order valence-electron chi connectivity index (χ2n) is 6.22. The summed E-state index contributed by atoms with van der Waals surface area (Å²) in [5.74, 6) is -3.66. The summed E-state index contributed by atoms with van der Waals surface area (Å²) < 4.78 is 0. The molecule has 0 aliphatic rings. The molecule has 2 amide bonds. The second-order valence-corrected chi connectivity index (χ2v) is 6.79. The molecule has 0 bridgehead atoms. The highest BCUT2D eigenvalue weighted by Gasteiger charge is 2.26. The number of hydrogen-bond acceptors (Lipinski definition) is 8. The minimum Gasteiger partial charge on any atom is -0.481 e. The van der Waals surface area contributed by atoms with E-state index in [9.17, 15) is 19.5 Å². The number of hydrazine groups is 1. The number of amides is 2. The van der Waals surface area contributed by atoms with Crippen molar-refractivity contribution in [3.05, 3.63) is 0 Å². The van der Waals surface area contributed by atoms with E-state index in [-0.39, 0.29) is 31.7 Å². The molecule has 26 heavy (non-hydrogen) atoms. The number of carboxylic acids is 1. The fourth-order valence-electron chi connectivity index (χ4n) is 2.29. The molecule has 0 rings (SSSR count). The largest absolute Gasteiger partial charge is 0.481 e. The molecule has 0 aliphatic carbocycles. The summed E-state index contributed by atoms with van der Waals surface area (Å²) in [7, 11) is 1.42. The van der Waals surface area contributed by atoms with E-state index in [2.05, 4.69) is 5.43 Å². The third-order valence-electron chi connectivity index (χ3n) is 3.81. The first-order valence-electron chi connectivity index (χ1n) is 8.07. The molecule has 0 saturated carbocycles. The molecule has 0 aromatic carbocycles. The number of hydrogen-bond donors (Lipinski definition) is 6. The van der Waals surface area contributed by atoms with Gasteiger partial charge in [-0.3, -0.25) is 19.4 Å². The van der Waals surface area contributed by atoms with Gasteiger partial charge in [0.15, 0.2) is 0 Å². The van der Waals surface area contributed by atoms with Crippen LogP contribution in [0, 0.1) is 11.8 Å². The number of aliphatic hydroxyl groups is 2. The molecule has 0 spiro atoms. The third-order valence-corrected chi connectivity index (χ3v) is 4.15. The van der Waals surface area contributed by atoms with E-state index in [0.717, 1.165) is 5.01 Å². The Hall–Kier alpha value is -1.66. The number of nitrogens with zero attached hydrogens (tertiary/aromatic N) is 1. The van der Waals surface area contributed by atoms with Gasteiger partial charge in [0.05, 0.1) is 18.6 Å². The minimum atomic E-state index is -1.16. The number of carbonyl (C=O) groups is 3. The van der Waals surface area contributed by atoms with E-state index in [1.54, 1.807) is 0 Å². The Bertz CT molecular complexity index is 516. The van der Waals surface area contributed by atoms with Crippen LogP contribution in [0.4, 0.5) is 0 Å². The zero-order valence-corrected chi connectivity index (χ0v) is 15.7. The van der Waals surface area contributed by atoms with Crippen LogP contribution in [0.3, 0.4) is 0 Å².